The molecule has 0 spiro atoms. The minimum atomic E-state index is -4.34. The van der Waals surface area contributed by atoms with Crippen molar-refractivity contribution in [1.82, 2.24) is 15.2 Å². The van der Waals surface area contributed by atoms with Gasteiger partial charge in [0.2, 0.25) is 0 Å². The molecule has 2 aromatic carbocycles. The summed E-state index contributed by atoms with van der Waals surface area (Å²) in [7, 11) is 1.57. The first-order valence-electron chi connectivity index (χ1n) is 7.15. The predicted molar refractivity (Wildman–Crippen MR) is 89.2 cm³/mol. The van der Waals surface area contributed by atoms with Gasteiger partial charge in [0, 0.05) is 16.0 Å². The Morgan fingerprint density at radius 3 is 2.44 bits per heavy atom. The van der Waals surface area contributed by atoms with E-state index in [0.717, 1.165) is 5.56 Å². The number of alkyl halides is 3. The Labute approximate surface area is 146 Å². The fourth-order valence-electron chi connectivity index (χ4n) is 2.16. The van der Waals surface area contributed by atoms with E-state index in [1.54, 1.807) is 43.5 Å². The second-order valence-corrected chi connectivity index (χ2v) is 6.11. The second-order valence-electron chi connectivity index (χ2n) is 4.97. The molecule has 0 N–H and O–H groups in total. The van der Waals surface area contributed by atoms with E-state index in [0.29, 0.717) is 22.8 Å². The van der Waals surface area contributed by atoms with E-state index >= 15 is 0 Å². The third kappa shape index (κ3) is 4.48. The molecule has 0 radical (unpaired) electrons. The predicted octanol–water partition coefficient (Wildman–Crippen LogP) is 4.83. The van der Waals surface area contributed by atoms with Gasteiger partial charge in [-0.25, -0.2) is 4.98 Å². The van der Waals surface area contributed by atoms with Crippen molar-refractivity contribution >= 4 is 11.8 Å². The highest BCUT2D eigenvalue weighted by Gasteiger charge is 2.29. The van der Waals surface area contributed by atoms with Gasteiger partial charge in [0.25, 0.3) is 0 Å². The quantitative estimate of drug-likeness (QED) is 0.622. The Morgan fingerprint density at radius 2 is 1.76 bits per heavy atom. The lowest BCUT2D eigenvalue weighted by molar-refractivity contribution is -0.0328. The maximum Gasteiger partial charge on any atom is 0.446 e. The summed E-state index contributed by atoms with van der Waals surface area (Å²) in [5, 5.41) is 7.90. The molecule has 25 heavy (non-hydrogen) atoms. The first-order valence-corrected chi connectivity index (χ1v) is 7.96. The van der Waals surface area contributed by atoms with Crippen LogP contribution in [0.1, 0.15) is 0 Å². The van der Waals surface area contributed by atoms with E-state index < -0.39 is 5.51 Å². The highest BCUT2D eigenvalue weighted by molar-refractivity contribution is 8.00. The summed E-state index contributed by atoms with van der Waals surface area (Å²) in [5.41, 5.74) is -2.61. The molecule has 0 saturated heterocycles. The molecule has 3 aromatic rings. The number of benzene rings is 2. The topological polar surface area (TPSA) is 47.9 Å². The number of rotatable bonds is 4. The molecule has 0 atom stereocenters. The van der Waals surface area contributed by atoms with Crippen LogP contribution in [0.5, 0.6) is 5.75 Å². The molecule has 0 aliphatic heterocycles. The van der Waals surface area contributed by atoms with Crippen molar-refractivity contribution in [3.63, 3.8) is 0 Å². The Morgan fingerprint density at radius 1 is 1.00 bits per heavy atom. The molecule has 4 nitrogen and oxygen atoms in total. The van der Waals surface area contributed by atoms with Crippen LogP contribution in [0.15, 0.2) is 59.6 Å². The number of thioether (sulfide) groups is 1. The average Bonchev–Trinajstić information content (AvgIpc) is 2.61. The van der Waals surface area contributed by atoms with E-state index in [1.807, 2.05) is 0 Å². The van der Waals surface area contributed by atoms with Gasteiger partial charge in [-0.2, -0.15) is 18.3 Å². The lowest BCUT2D eigenvalue weighted by Crippen LogP contribution is -1.99. The smallest absolute Gasteiger partial charge is 0.446 e. The number of ether oxygens (including phenoxy) is 1. The normalized spacial score (nSPS) is 11.4. The Balaban J connectivity index is 1.92. The number of halogens is 3. The SMILES string of the molecule is COc1ccc(-c2nncc(-c3cccc(SC(F)(F)F)c3)n2)cc1. The van der Waals surface area contributed by atoms with E-state index in [9.17, 15) is 13.2 Å². The van der Waals surface area contributed by atoms with Crippen LogP contribution >= 0.6 is 11.8 Å². The number of hydrogen-bond donors (Lipinski definition) is 0. The molecular weight excluding hydrogens is 351 g/mol. The molecule has 0 fully saturated rings. The molecule has 3 rings (SSSR count). The van der Waals surface area contributed by atoms with Crippen LogP contribution in [-0.2, 0) is 0 Å². The lowest BCUT2D eigenvalue weighted by atomic mass is 10.1. The molecule has 0 aliphatic carbocycles. The largest absolute Gasteiger partial charge is 0.497 e. The maximum atomic E-state index is 12.5. The summed E-state index contributed by atoms with van der Waals surface area (Å²) in [6.07, 6.45) is 1.42. The van der Waals surface area contributed by atoms with Gasteiger partial charge in [-0.05, 0) is 48.2 Å². The third-order valence-corrected chi connectivity index (χ3v) is 3.99. The molecule has 128 valence electrons. The molecule has 8 heteroatoms. The van der Waals surface area contributed by atoms with Crippen molar-refractivity contribution in [2.45, 2.75) is 10.4 Å². The zero-order valence-electron chi connectivity index (χ0n) is 13.0. The van der Waals surface area contributed by atoms with Crippen LogP contribution in [-0.4, -0.2) is 27.8 Å². The lowest BCUT2D eigenvalue weighted by Gasteiger charge is -2.08. The van der Waals surface area contributed by atoms with E-state index in [-0.39, 0.29) is 16.7 Å². The number of hydrogen-bond acceptors (Lipinski definition) is 5. The number of methoxy groups -OCH3 is 1. The van der Waals surface area contributed by atoms with Crippen molar-refractivity contribution in [3.8, 4) is 28.4 Å². The monoisotopic (exact) mass is 363 g/mol. The Hall–Kier alpha value is -2.61. The van der Waals surface area contributed by atoms with Crippen LogP contribution < -0.4 is 4.74 Å². The molecule has 0 amide bonds. The maximum absolute atomic E-state index is 12.5. The van der Waals surface area contributed by atoms with Crippen LogP contribution in [0.2, 0.25) is 0 Å². The highest BCUT2D eigenvalue weighted by Crippen LogP contribution is 2.38. The van der Waals surface area contributed by atoms with Gasteiger partial charge >= 0.3 is 5.51 Å². The molecule has 0 aliphatic rings. The minimum absolute atomic E-state index is 0.0922. The molecular formula is C17H12F3N3OS. The van der Waals surface area contributed by atoms with Crippen LogP contribution in [0.4, 0.5) is 13.2 Å². The molecule has 1 heterocycles. The van der Waals surface area contributed by atoms with Crippen LogP contribution in [0.3, 0.4) is 0 Å². The minimum Gasteiger partial charge on any atom is -0.497 e. The number of nitrogens with zero attached hydrogens (tertiary/aromatic N) is 3. The standard InChI is InChI=1S/C17H12F3N3OS/c1-24-13-7-5-11(6-8-13)16-22-15(10-21-23-16)12-3-2-4-14(9-12)25-17(18,19)20/h2-10H,1H3. The molecule has 0 bridgehead atoms. The van der Waals surface area contributed by atoms with Crippen LogP contribution in [0, 0.1) is 0 Å². The zero-order valence-corrected chi connectivity index (χ0v) is 13.8. The van der Waals surface area contributed by atoms with Crippen molar-refractivity contribution in [3.05, 3.63) is 54.7 Å². The molecule has 0 unspecified atom stereocenters. The Kier molecular flexibility index (Phi) is 4.89. The van der Waals surface area contributed by atoms with Gasteiger partial charge in [-0.3, -0.25) is 0 Å². The fraction of sp³-hybridized carbons (Fsp3) is 0.118. The van der Waals surface area contributed by atoms with Gasteiger partial charge in [0.15, 0.2) is 5.82 Å². The molecule has 0 saturated carbocycles. The first-order chi connectivity index (χ1) is 11.9. The summed E-state index contributed by atoms with van der Waals surface area (Å²) < 4.78 is 42.7. The van der Waals surface area contributed by atoms with Crippen molar-refractivity contribution in [2.24, 2.45) is 0 Å². The number of aromatic nitrogens is 3. The van der Waals surface area contributed by atoms with E-state index in [1.165, 1.54) is 18.3 Å². The summed E-state index contributed by atoms with van der Waals surface area (Å²) in [6, 6.07) is 13.2. The summed E-state index contributed by atoms with van der Waals surface area (Å²) in [4.78, 5) is 4.49. The van der Waals surface area contributed by atoms with Gasteiger partial charge in [-0.15, -0.1) is 5.10 Å². The van der Waals surface area contributed by atoms with Gasteiger partial charge in [0.1, 0.15) is 5.75 Å². The van der Waals surface area contributed by atoms with E-state index in [4.69, 9.17) is 4.74 Å². The van der Waals surface area contributed by atoms with Crippen LogP contribution in [0.25, 0.3) is 22.6 Å². The summed E-state index contributed by atoms with van der Waals surface area (Å²) in [6.45, 7) is 0. The van der Waals surface area contributed by atoms with Crippen molar-refractivity contribution in [1.29, 1.82) is 0 Å². The second kappa shape index (κ2) is 7.10. The van der Waals surface area contributed by atoms with Gasteiger partial charge < -0.3 is 4.74 Å². The molecule has 1 aromatic heterocycles. The van der Waals surface area contributed by atoms with E-state index in [2.05, 4.69) is 15.2 Å². The van der Waals surface area contributed by atoms with Crippen molar-refractivity contribution in [2.75, 3.05) is 7.11 Å². The first kappa shape index (κ1) is 17.2. The third-order valence-electron chi connectivity index (χ3n) is 3.27. The fourth-order valence-corrected chi connectivity index (χ4v) is 2.76. The Bertz CT molecular complexity index is 870. The van der Waals surface area contributed by atoms with Crippen molar-refractivity contribution < 1.29 is 17.9 Å². The van der Waals surface area contributed by atoms with Gasteiger partial charge in [0.05, 0.1) is 19.0 Å². The summed E-state index contributed by atoms with van der Waals surface area (Å²) >= 11 is -0.163. The zero-order chi connectivity index (χ0) is 17.9. The van der Waals surface area contributed by atoms with Gasteiger partial charge in [-0.1, -0.05) is 12.1 Å². The summed E-state index contributed by atoms with van der Waals surface area (Å²) in [5.74, 6) is 1.08. The highest BCUT2D eigenvalue weighted by atomic mass is 32.2. The average molecular weight is 363 g/mol.